The predicted octanol–water partition coefficient (Wildman–Crippen LogP) is 1.97. The molecule has 2 aromatic carbocycles. The van der Waals surface area contributed by atoms with Gasteiger partial charge in [0.25, 0.3) is 5.56 Å². The number of rotatable bonds is 7. The molecule has 0 saturated heterocycles. The van der Waals surface area contributed by atoms with Crippen molar-refractivity contribution in [2.75, 3.05) is 16.8 Å². The summed E-state index contributed by atoms with van der Waals surface area (Å²) in [5, 5.41) is 10.8. The van der Waals surface area contributed by atoms with E-state index < -0.39 is 5.97 Å². The van der Waals surface area contributed by atoms with E-state index in [2.05, 4.69) is 15.6 Å². The van der Waals surface area contributed by atoms with Crippen molar-refractivity contribution in [1.29, 1.82) is 0 Å². The Bertz CT molecular complexity index is 1050. The third-order valence-electron chi connectivity index (χ3n) is 3.77. The first kappa shape index (κ1) is 19.6. The molecule has 0 fully saturated rings. The number of ether oxygens (including phenoxy) is 1. The van der Waals surface area contributed by atoms with Crippen LogP contribution in [0.3, 0.4) is 0 Å². The number of nitrogens with zero attached hydrogens (tertiary/aromatic N) is 3. The summed E-state index contributed by atoms with van der Waals surface area (Å²) in [7, 11) is 0. The molecule has 3 rings (SSSR count). The Hall–Kier alpha value is -3.20. The van der Waals surface area contributed by atoms with Crippen LogP contribution in [-0.2, 0) is 21.1 Å². The SMILES string of the molecule is Cc1ccc(NC(=O)CSCC(=O)OCn2nnc3ccccc3c2=O)cc1. The number of nitrogens with one attached hydrogen (secondary N) is 1. The Morgan fingerprint density at radius 3 is 2.64 bits per heavy atom. The van der Waals surface area contributed by atoms with E-state index in [1.807, 2.05) is 31.2 Å². The lowest BCUT2D eigenvalue weighted by molar-refractivity contribution is -0.144. The Morgan fingerprint density at radius 2 is 1.86 bits per heavy atom. The lowest BCUT2D eigenvalue weighted by Crippen LogP contribution is -2.27. The van der Waals surface area contributed by atoms with E-state index in [4.69, 9.17) is 4.74 Å². The average molecular weight is 398 g/mol. The van der Waals surface area contributed by atoms with Gasteiger partial charge in [0, 0.05) is 5.69 Å². The maximum Gasteiger partial charge on any atom is 0.317 e. The van der Waals surface area contributed by atoms with Crippen LogP contribution in [0.4, 0.5) is 5.69 Å². The normalized spacial score (nSPS) is 10.6. The number of esters is 1. The Morgan fingerprint density at radius 1 is 1.11 bits per heavy atom. The molecule has 0 bridgehead atoms. The Labute approximate surface area is 164 Å². The van der Waals surface area contributed by atoms with Crippen LogP contribution >= 0.6 is 11.8 Å². The highest BCUT2D eigenvalue weighted by Crippen LogP contribution is 2.10. The number of thioether (sulfide) groups is 1. The molecule has 1 heterocycles. The minimum atomic E-state index is -0.546. The van der Waals surface area contributed by atoms with Gasteiger partial charge in [0.05, 0.1) is 16.9 Å². The number of hydrogen-bond acceptors (Lipinski definition) is 7. The van der Waals surface area contributed by atoms with Crippen molar-refractivity contribution in [3.8, 4) is 0 Å². The van der Waals surface area contributed by atoms with Gasteiger partial charge in [0.15, 0.2) is 6.73 Å². The number of aromatic nitrogens is 3. The number of fused-ring (bicyclic) bond motifs is 1. The van der Waals surface area contributed by atoms with Gasteiger partial charge in [-0.2, -0.15) is 4.68 Å². The lowest BCUT2D eigenvalue weighted by atomic mass is 10.2. The highest BCUT2D eigenvalue weighted by molar-refractivity contribution is 8.00. The zero-order valence-electron chi connectivity index (χ0n) is 15.1. The van der Waals surface area contributed by atoms with Crippen LogP contribution in [0.1, 0.15) is 5.56 Å². The van der Waals surface area contributed by atoms with E-state index in [0.29, 0.717) is 16.6 Å². The fourth-order valence-corrected chi connectivity index (χ4v) is 2.95. The molecule has 1 N–H and O–H groups in total. The summed E-state index contributed by atoms with van der Waals surface area (Å²) in [6.07, 6.45) is 0. The van der Waals surface area contributed by atoms with Crippen LogP contribution in [-0.4, -0.2) is 38.4 Å². The van der Waals surface area contributed by atoms with E-state index in [1.165, 1.54) is 0 Å². The second kappa shape index (κ2) is 9.14. The summed E-state index contributed by atoms with van der Waals surface area (Å²) in [5.74, 6) is -0.663. The molecule has 8 nitrogen and oxygen atoms in total. The number of amides is 1. The molecule has 0 aliphatic rings. The van der Waals surface area contributed by atoms with Crippen molar-refractivity contribution in [3.63, 3.8) is 0 Å². The second-order valence-corrected chi connectivity index (χ2v) is 6.95. The van der Waals surface area contributed by atoms with Crippen LogP contribution in [0, 0.1) is 6.92 Å². The first-order valence-corrected chi connectivity index (χ1v) is 9.61. The molecule has 1 aromatic heterocycles. The first-order valence-electron chi connectivity index (χ1n) is 8.45. The summed E-state index contributed by atoms with van der Waals surface area (Å²) in [4.78, 5) is 36.0. The van der Waals surface area contributed by atoms with Gasteiger partial charge in [-0.15, -0.1) is 16.9 Å². The van der Waals surface area contributed by atoms with Gasteiger partial charge in [-0.1, -0.05) is 35.0 Å². The highest BCUT2D eigenvalue weighted by Gasteiger charge is 2.10. The Balaban J connectivity index is 1.43. The summed E-state index contributed by atoms with van der Waals surface area (Å²) >= 11 is 1.12. The minimum Gasteiger partial charge on any atom is -0.442 e. The summed E-state index contributed by atoms with van der Waals surface area (Å²) in [6, 6.07) is 14.2. The van der Waals surface area contributed by atoms with Gasteiger partial charge in [0.2, 0.25) is 5.91 Å². The third kappa shape index (κ3) is 5.17. The van der Waals surface area contributed by atoms with Crippen molar-refractivity contribution < 1.29 is 14.3 Å². The smallest absolute Gasteiger partial charge is 0.317 e. The third-order valence-corrected chi connectivity index (χ3v) is 4.67. The molecular formula is C19H18N4O4S. The number of carbonyl (C=O) groups is 2. The van der Waals surface area contributed by atoms with Crippen molar-refractivity contribution in [1.82, 2.24) is 15.0 Å². The summed E-state index contributed by atoms with van der Waals surface area (Å²) in [6.45, 7) is 1.64. The quantitative estimate of drug-likeness (QED) is 0.607. The number of anilines is 1. The van der Waals surface area contributed by atoms with Crippen molar-refractivity contribution in [3.05, 3.63) is 64.4 Å². The highest BCUT2D eigenvalue weighted by atomic mass is 32.2. The molecule has 0 spiro atoms. The predicted molar refractivity (Wildman–Crippen MR) is 107 cm³/mol. The molecule has 0 aliphatic carbocycles. The van der Waals surface area contributed by atoms with E-state index in [0.717, 1.165) is 22.0 Å². The number of benzene rings is 2. The van der Waals surface area contributed by atoms with Crippen LogP contribution in [0.2, 0.25) is 0 Å². The molecule has 0 radical (unpaired) electrons. The standard InChI is InChI=1S/C19H18N4O4S/c1-13-6-8-14(9-7-13)20-17(24)10-28-11-18(25)27-12-23-19(26)15-4-2-3-5-16(15)21-22-23/h2-9H,10-12H2,1H3,(H,20,24). The minimum absolute atomic E-state index is 0.0168. The largest absolute Gasteiger partial charge is 0.442 e. The summed E-state index contributed by atoms with van der Waals surface area (Å²) < 4.78 is 6.02. The topological polar surface area (TPSA) is 103 Å². The van der Waals surface area contributed by atoms with Crippen molar-refractivity contribution in [2.45, 2.75) is 13.7 Å². The van der Waals surface area contributed by atoms with Crippen LogP contribution < -0.4 is 10.9 Å². The molecule has 144 valence electrons. The second-order valence-electron chi connectivity index (χ2n) is 5.96. The van der Waals surface area contributed by atoms with Crippen LogP contribution in [0.25, 0.3) is 10.9 Å². The van der Waals surface area contributed by atoms with E-state index in [9.17, 15) is 14.4 Å². The molecule has 0 aliphatic heterocycles. The first-order chi connectivity index (χ1) is 13.5. The van der Waals surface area contributed by atoms with Gasteiger partial charge in [-0.05, 0) is 31.2 Å². The molecule has 0 saturated carbocycles. The number of aryl methyl sites for hydroxylation is 1. The van der Waals surface area contributed by atoms with Gasteiger partial charge in [-0.3, -0.25) is 14.4 Å². The fraction of sp³-hybridized carbons (Fsp3) is 0.211. The van der Waals surface area contributed by atoms with E-state index >= 15 is 0 Å². The Kier molecular flexibility index (Phi) is 6.38. The zero-order chi connectivity index (χ0) is 19.9. The molecule has 3 aromatic rings. The lowest BCUT2D eigenvalue weighted by Gasteiger charge is -2.07. The molecule has 9 heteroatoms. The summed E-state index contributed by atoms with van der Waals surface area (Å²) in [5.41, 5.74) is 1.90. The number of hydrogen-bond donors (Lipinski definition) is 1. The van der Waals surface area contributed by atoms with Gasteiger partial charge < -0.3 is 10.1 Å². The zero-order valence-corrected chi connectivity index (χ0v) is 15.9. The molecule has 0 unspecified atom stereocenters. The maximum atomic E-state index is 12.2. The fourth-order valence-electron chi connectivity index (χ4n) is 2.34. The van der Waals surface area contributed by atoms with E-state index in [1.54, 1.807) is 24.3 Å². The van der Waals surface area contributed by atoms with Gasteiger partial charge in [-0.25, -0.2) is 0 Å². The van der Waals surface area contributed by atoms with Gasteiger partial charge in [0.1, 0.15) is 5.52 Å². The monoisotopic (exact) mass is 398 g/mol. The van der Waals surface area contributed by atoms with Crippen molar-refractivity contribution >= 4 is 40.2 Å². The number of carbonyl (C=O) groups excluding carboxylic acids is 2. The van der Waals surface area contributed by atoms with Gasteiger partial charge >= 0.3 is 5.97 Å². The van der Waals surface area contributed by atoms with Crippen LogP contribution in [0.15, 0.2) is 53.3 Å². The molecular weight excluding hydrogens is 380 g/mol. The van der Waals surface area contributed by atoms with Crippen molar-refractivity contribution in [2.24, 2.45) is 0 Å². The molecule has 28 heavy (non-hydrogen) atoms. The van der Waals surface area contributed by atoms with E-state index in [-0.39, 0.29) is 29.7 Å². The molecule has 0 atom stereocenters. The molecule has 1 amide bonds. The average Bonchev–Trinajstić information content (AvgIpc) is 2.69. The maximum absolute atomic E-state index is 12.2. The van der Waals surface area contributed by atoms with Crippen LogP contribution in [0.5, 0.6) is 0 Å².